The summed E-state index contributed by atoms with van der Waals surface area (Å²) in [5.74, 6) is 0.625. The first-order valence-electron chi connectivity index (χ1n) is 5.21. The van der Waals surface area contributed by atoms with Gasteiger partial charge < -0.3 is 0 Å². The predicted molar refractivity (Wildman–Crippen MR) is 63.3 cm³/mol. The monoisotopic (exact) mass is 196 g/mol. The number of allylic oxidation sites excluding steroid dienone is 4. The summed E-state index contributed by atoms with van der Waals surface area (Å²) in [7, 11) is 0. The molecule has 2 unspecified atom stereocenters. The molecule has 2 atom stereocenters. The van der Waals surface area contributed by atoms with Crippen molar-refractivity contribution in [2.24, 2.45) is 5.92 Å². The second-order valence-corrected chi connectivity index (χ2v) is 4.60. The van der Waals surface area contributed by atoms with Gasteiger partial charge in [-0.25, -0.2) is 0 Å². The highest BCUT2D eigenvalue weighted by Crippen LogP contribution is 2.33. The maximum Gasteiger partial charge on any atom is 0.00859 e. The van der Waals surface area contributed by atoms with Crippen LogP contribution in [0.1, 0.15) is 40.0 Å². The van der Waals surface area contributed by atoms with Crippen LogP contribution in [0.25, 0.3) is 0 Å². The molecule has 0 amide bonds. The molecule has 0 aliphatic heterocycles. The first kappa shape index (κ1) is 10.9. The van der Waals surface area contributed by atoms with Crippen molar-refractivity contribution in [3.63, 3.8) is 0 Å². The molecule has 0 fully saturated rings. The Hall–Kier alpha value is -0.170. The van der Waals surface area contributed by atoms with Gasteiger partial charge in [0.15, 0.2) is 0 Å². The van der Waals surface area contributed by atoms with Gasteiger partial charge in [0, 0.05) is 5.25 Å². The molecule has 1 heteroatoms. The molecule has 1 aliphatic carbocycles. The van der Waals surface area contributed by atoms with Crippen molar-refractivity contribution in [3.8, 4) is 0 Å². The van der Waals surface area contributed by atoms with Gasteiger partial charge in [-0.3, -0.25) is 0 Å². The zero-order chi connectivity index (χ0) is 9.84. The zero-order valence-electron chi connectivity index (χ0n) is 8.88. The molecule has 0 aromatic heterocycles. The van der Waals surface area contributed by atoms with Gasteiger partial charge >= 0.3 is 0 Å². The zero-order valence-corrected chi connectivity index (χ0v) is 9.77. The third kappa shape index (κ3) is 2.63. The van der Waals surface area contributed by atoms with Crippen molar-refractivity contribution in [1.29, 1.82) is 0 Å². The van der Waals surface area contributed by atoms with Crippen LogP contribution in [0.4, 0.5) is 0 Å². The second-order valence-electron chi connectivity index (χ2n) is 3.94. The highest BCUT2D eigenvalue weighted by atomic mass is 32.1. The first-order valence-corrected chi connectivity index (χ1v) is 5.72. The number of rotatable bonds is 2. The van der Waals surface area contributed by atoms with Crippen molar-refractivity contribution in [1.82, 2.24) is 0 Å². The van der Waals surface area contributed by atoms with Crippen LogP contribution in [0, 0.1) is 5.92 Å². The summed E-state index contributed by atoms with van der Waals surface area (Å²) < 4.78 is 0. The molecule has 0 radical (unpaired) electrons. The van der Waals surface area contributed by atoms with Crippen LogP contribution in [0.5, 0.6) is 0 Å². The highest BCUT2D eigenvalue weighted by Gasteiger charge is 2.22. The molecule has 1 aliphatic rings. The SMILES string of the molecule is CC/C=C\C1=C(C)CCC(S)C1C. The van der Waals surface area contributed by atoms with E-state index in [2.05, 4.69) is 45.6 Å². The van der Waals surface area contributed by atoms with Crippen molar-refractivity contribution in [2.75, 3.05) is 0 Å². The predicted octanol–water partition coefficient (Wildman–Crippen LogP) is 4.00. The third-order valence-corrected chi connectivity index (χ3v) is 3.61. The summed E-state index contributed by atoms with van der Waals surface area (Å²) in [6, 6.07) is 0. The lowest BCUT2D eigenvalue weighted by atomic mass is 9.83. The fourth-order valence-electron chi connectivity index (χ4n) is 1.89. The van der Waals surface area contributed by atoms with E-state index in [-0.39, 0.29) is 0 Å². The van der Waals surface area contributed by atoms with E-state index in [1.165, 1.54) is 18.4 Å². The van der Waals surface area contributed by atoms with Gasteiger partial charge in [-0.1, -0.05) is 31.6 Å². The minimum Gasteiger partial charge on any atom is -0.175 e. The normalized spacial score (nSPS) is 30.2. The van der Waals surface area contributed by atoms with Crippen LogP contribution in [0.2, 0.25) is 0 Å². The lowest BCUT2D eigenvalue weighted by Crippen LogP contribution is -2.19. The molecular formula is C12H20S. The average molecular weight is 196 g/mol. The largest absolute Gasteiger partial charge is 0.175 e. The van der Waals surface area contributed by atoms with Crippen LogP contribution in [-0.4, -0.2) is 5.25 Å². The van der Waals surface area contributed by atoms with Crippen LogP contribution >= 0.6 is 12.6 Å². The molecule has 0 N–H and O–H groups in total. The Labute approximate surface area is 87.5 Å². The Morgan fingerprint density at radius 2 is 2.23 bits per heavy atom. The topological polar surface area (TPSA) is 0 Å². The van der Waals surface area contributed by atoms with Gasteiger partial charge in [0.05, 0.1) is 0 Å². The van der Waals surface area contributed by atoms with Gasteiger partial charge in [0.25, 0.3) is 0 Å². The van der Waals surface area contributed by atoms with Crippen LogP contribution in [-0.2, 0) is 0 Å². The van der Waals surface area contributed by atoms with Gasteiger partial charge in [-0.15, -0.1) is 0 Å². The van der Waals surface area contributed by atoms with E-state index in [0.717, 1.165) is 6.42 Å². The van der Waals surface area contributed by atoms with Gasteiger partial charge in [-0.05, 0) is 37.7 Å². The summed E-state index contributed by atoms with van der Waals surface area (Å²) in [4.78, 5) is 0. The third-order valence-electron chi connectivity index (χ3n) is 2.91. The van der Waals surface area contributed by atoms with E-state index in [1.54, 1.807) is 5.57 Å². The highest BCUT2D eigenvalue weighted by molar-refractivity contribution is 7.81. The lowest BCUT2D eigenvalue weighted by molar-refractivity contribution is 0.565. The summed E-state index contributed by atoms with van der Waals surface area (Å²) in [6.45, 7) is 6.72. The quantitative estimate of drug-likeness (QED) is 0.634. The Kier molecular flexibility index (Phi) is 4.11. The Bertz CT molecular complexity index is 225. The second kappa shape index (κ2) is 4.90. The Morgan fingerprint density at radius 1 is 1.54 bits per heavy atom. The Balaban J connectivity index is 2.81. The molecule has 0 nitrogen and oxygen atoms in total. The number of thiol groups is 1. The maximum absolute atomic E-state index is 4.61. The molecule has 1 rings (SSSR count). The molecule has 0 bridgehead atoms. The van der Waals surface area contributed by atoms with E-state index >= 15 is 0 Å². The molecule has 0 aromatic carbocycles. The molecule has 0 aromatic rings. The summed E-state index contributed by atoms with van der Waals surface area (Å²) >= 11 is 4.61. The van der Waals surface area contributed by atoms with Gasteiger partial charge in [0.1, 0.15) is 0 Å². The molecular weight excluding hydrogens is 176 g/mol. The summed E-state index contributed by atoms with van der Waals surface area (Å²) in [6.07, 6.45) is 8.13. The van der Waals surface area contributed by atoms with Crippen molar-refractivity contribution in [3.05, 3.63) is 23.3 Å². The van der Waals surface area contributed by atoms with Gasteiger partial charge in [-0.2, -0.15) is 12.6 Å². The molecule has 0 spiro atoms. The lowest BCUT2D eigenvalue weighted by Gasteiger charge is -2.28. The fraction of sp³-hybridized carbons (Fsp3) is 0.667. The van der Waals surface area contributed by atoms with Crippen LogP contribution in [0.15, 0.2) is 23.3 Å². The standard InChI is InChI=1S/C12H20S/c1-4-5-6-11-9(2)7-8-12(13)10(11)3/h5-6,10,12-13H,4,7-8H2,1-3H3/b6-5-. The van der Waals surface area contributed by atoms with Crippen LogP contribution in [0.3, 0.4) is 0 Å². The molecule has 13 heavy (non-hydrogen) atoms. The first-order chi connectivity index (χ1) is 6.16. The van der Waals surface area contributed by atoms with E-state index in [9.17, 15) is 0 Å². The van der Waals surface area contributed by atoms with Crippen molar-refractivity contribution >= 4 is 12.6 Å². The molecule has 74 valence electrons. The minimum atomic E-state index is 0.556. The summed E-state index contributed by atoms with van der Waals surface area (Å²) in [5, 5.41) is 0.556. The fourth-order valence-corrected chi connectivity index (χ4v) is 2.18. The number of hydrogen-bond acceptors (Lipinski definition) is 1. The van der Waals surface area contributed by atoms with E-state index < -0.39 is 0 Å². The van der Waals surface area contributed by atoms with Crippen molar-refractivity contribution < 1.29 is 0 Å². The minimum absolute atomic E-state index is 0.556. The molecule has 0 heterocycles. The summed E-state index contributed by atoms with van der Waals surface area (Å²) in [5.41, 5.74) is 3.08. The Morgan fingerprint density at radius 3 is 2.85 bits per heavy atom. The average Bonchev–Trinajstić information content (AvgIpc) is 2.12. The maximum atomic E-state index is 4.61. The smallest absolute Gasteiger partial charge is 0.00859 e. The van der Waals surface area contributed by atoms with E-state index in [4.69, 9.17) is 0 Å². The number of hydrogen-bond donors (Lipinski definition) is 1. The van der Waals surface area contributed by atoms with Crippen molar-refractivity contribution in [2.45, 2.75) is 45.3 Å². The van der Waals surface area contributed by atoms with E-state index in [0.29, 0.717) is 11.2 Å². The van der Waals surface area contributed by atoms with E-state index in [1.807, 2.05) is 0 Å². The molecule has 0 saturated carbocycles. The molecule has 0 saturated heterocycles. The van der Waals surface area contributed by atoms with Crippen LogP contribution < -0.4 is 0 Å². The van der Waals surface area contributed by atoms with Gasteiger partial charge in [0.2, 0.25) is 0 Å².